The van der Waals surface area contributed by atoms with Crippen LogP contribution in [0.3, 0.4) is 0 Å². The maximum absolute atomic E-state index is 12.5. The van der Waals surface area contributed by atoms with E-state index in [1.54, 1.807) is 26.0 Å². The normalized spacial score (nSPS) is 16.1. The van der Waals surface area contributed by atoms with Crippen molar-refractivity contribution in [1.82, 2.24) is 4.31 Å². The minimum atomic E-state index is -3.93. The molecule has 0 aliphatic carbocycles. The Morgan fingerprint density at radius 3 is 2.35 bits per heavy atom. The third-order valence-electron chi connectivity index (χ3n) is 3.35. The van der Waals surface area contributed by atoms with E-state index < -0.39 is 27.9 Å². The second-order valence-corrected chi connectivity index (χ2v) is 7.15. The molecule has 1 aromatic carbocycles. The Morgan fingerprint density at radius 1 is 1.17 bits per heavy atom. The van der Waals surface area contributed by atoms with Crippen molar-refractivity contribution >= 4 is 27.7 Å². The summed E-state index contributed by atoms with van der Waals surface area (Å²) in [6, 6.07) is 6.01. The molecule has 1 heterocycles. The predicted octanol–water partition coefficient (Wildman–Crippen LogP) is 1.36. The van der Waals surface area contributed by atoms with E-state index in [0.717, 1.165) is 11.4 Å². The van der Waals surface area contributed by atoms with Crippen molar-refractivity contribution in [3.63, 3.8) is 0 Å². The average Bonchev–Trinajstić information content (AvgIpc) is 2.52. The highest BCUT2D eigenvalue weighted by Gasteiger charge is 2.40. The van der Waals surface area contributed by atoms with Gasteiger partial charge in [-0.3, -0.25) is 9.10 Å². The van der Waals surface area contributed by atoms with Crippen LogP contribution in [0.4, 0.5) is 0 Å². The number of hydrogen-bond donors (Lipinski definition) is 0. The molecular weight excluding hydrogens is 322 g/mol. The van der Waals surface area contributed by atoms with Crippen LogP contribution in [0.2, 0.25) is 0 Å². The summed E-state index contributed by atoms with van der Waals surface area (Å²) in [7, 11) is -1.60. The lowest BCUT2D eigenvalue weighted by molar-refractivity contribution is -0.140. The monoisotopic (exact) mass is 339 g/mol. The summed E-state index contributed by atoms with van der Waals surface area (Å²) in [4.78, 5) is 24.0. The van der Waals surface area contributed by atoms with Gasteiger partial charge < -0.3 is 9.47 Å². The van der Waals surface area contributed by atoms with Gasteiger partial charge in [-0.25, -0.2) is 13.2 Å². The maximum atomic E-state index is 12.5. The molecule has 0 unspecified atom stereocenters. The number of esters is 2. The Bertz CT molecular complexity index is 794. The molecule has 124 valence electrons. The van der Waals surface area contributed by atoms with E-state index in [1.807, 2.05) is 0 Å². The number of carbonyl (C=O) groups excluding carboxylic acids is 2. The van der Waals surface area contributed by atoms with Crippen LogP contribution in [-0.2, 0) is 29.1 Å². The molecule has 0 fully saturated rings. The molecule has 0 aromatic heterocycles. The van der Waals surface area contributed by atoms with Gasteiger partial charge in [-0.2, -0.15) is 0 Å². The average molecular weight is 339 g/mol. The van der Waals surface area contributed by atoms with Crippen molar-refractivity contribution in [3.8, 4) is 0 Å². The van der Waals surface area contributed by atoms with Gasteiger partial charge in [-0.05, 0) is 12.1 Å². The van der Waals surface area contributed by atoms with Crippen molar-refractivity contribution in [1.29, 1.82) is 0 Å². The maximum Gasteiger partial charge on any atom is 0.359 e. The number of rotatable bonds is 3. The van der Waals surface area contributed by atoms with Gasteiger partial charge in [0.25, 0.3) is 10.0 Å². The van der Waals surface area contributed by atoms with Gasteiger partial charge in [-0.1, -0.05) is 26.0 Å². The molecule has 0 saturated carbocycles. The zero-order valence-electron chi connectivity index (χ0n) is 13.2. The minimum Gasteiger partial charge on any atom is -0.464 e. The van der Waals surface area contributed by atoms with Gasteiger partial charge in [0.05, 0.1) is 17.9 Å². The molecular formula is C15H17NO6S. The van der Waals surface area contributed by atoms with Gasteiger partial charge in [-0.15, -0.1) is 0 Å². The van der Waals surface area contributed by atoms with Gasteiger partial charge >= 0.3 is 11.9 Å². The highest BCUT2D eigenvalue weighted by atomic mass is 32.2. The fraction of sp³-hybridized carbons (Fsp3) is 0.333. The fourth-order valence-corrected chi connectivity index (χ4v) is 3.44. The van der Waals surface area contributed by atoms with E-state index in [4.69, 9.17) is 4.74 Å². The zero-order valence-corrected chi connectivity index (χ0v) is 14.0. The first-order valence-electron chi connectivity index (χ1n) is 6.84. The number of benzene rings is 1. The molecule has 1 aliphatic heterocycles. The molecule has 7 nitrogen and oxygen atoms in total. The first-order chi connectivity index (χ1) is 10.7. The molecule has 0 spiro atoms. The highest BCUT2D eigenvalue weighted by Crippen LogP contribution is 2.37. The van der Waals surface area contributed by atoms with Crippen molar-refractivity contribution in [3.05, 3.63) is 35.5 Å². The van der Waals surface area contributed by atoms with Gasteiger partial charge in [0.15, 0.2) is 11.5 Å². The summed E-state index contributed by atoms with van der Waals surface area (Å²) in [5.41, 5.74) is -0.180. The summed E-state index contributed by atoms with van der Waals surface area (Å²) in [6.45, 7) is 3.27. The largest absolute Gasteiger partial charge is 0.464 e. The van der Waals surface area contributed by atoms with Crippen LogP contribution in [-0.4, -0.2) is 38.8 Å². The van der Waals surface area contributed by atoms with E-state index in [1.165, 1.54) is 19.2 Å². The Hall–Kier alpha value is -2.35. The molecule has 2 rings (SSSR count). The molecule has 0 atom stereocenters. The van der Waals surface area contributed by atoms with E-state index in [9.17, 15) is 18.0 Å². The number of ether oxygens (including phenoxy) is 2. The van der Waals surface area contributed by atoms with Crippen LogP contribution in [0.5, 0.6) is 0 Å². The van der Waals surface area contributed by atoms with Crippen molar-refractivity contribution in [2.24, 2.45) is 5.92 Å². The van der Waals surface area contributed by atoms with E-state index in [2.05, 4.69) is 4.74 Å². The van der Waals surface area contributed by atoms with Crippen LogP contribution in [0.1, 0.15) is 19.4 Å². The summed E-state index contributed by atoms with van der Waals surface area (Å²) in [6.07, 6.45) is 0. The molecule has 1 aromatic rings. The SMILES string of the molecule is COC(=O)C1=C(OC(=O)C(C)C)c2ccccc2S(=O)(=O)N1C. The molecule has 0 saturated heterocycles. The number of fused-ring (bicyclic) bond motifs is 1. The summed E-state index contributed by atoms with van der Waals surface area (Å²) >= 11 is 0. The summed E-state index contributed by atoms with van der Waals surface area (Å²) in [5.74, 6) is -2.05. The Kier molecular flexibility index (Phi) is 4.46. The molecule has 0 bridgehead atoms. The highest BCUT2D eigenvalue weighted by molar-refractivity contribution is 7.89. The fourth-order valence-electron chi connectivity index (χ4n) is 2.06. The first kappa shape index (κ1) is 17.0. The van der Waals surface area contributed by atoms with Crippen molar-refractivity contribution in [2.75, 3.05) is 14.2 Å². The van der Waals surface area contributed by atoms with E-state index >= 15 is 0 Å². The van der Waals surface area contributed by atoms with Crippen LogP contribution in [0, 0.1) is 5.92 Å². The number of nitrogens with zero attached hydrogens (tertiary/aromatic N) is 1. The third-order valence-corrected chi connectivity index (χ3v) is 5.17. The summed E-state index contributed by atoms with van der Waals surface area (Å²) in [5, 5.41) is 0. The third kappa shape index (κ3) is 2.81. The van der Waals surface area contributed by atoms with Gasteiger partial charge in [0.2, 0.25) is 0 Å². The van der Waals surface area contributed by atoms with Crippen LogP contribution in [0.15, 0.2) is 34.9 Å². The molecule has 1 aliphatic rings. The number of methoxy groups -OCH3 is 1. The van der Waals surface area contributed by atoms with Gasteiger partial charge in [0.1, 0.15) is 0 Å². The second-order valence-electron chi connectivity index (χ2n) is 5.21. The number of likely N-dealkylation sites (N-methyl/N-ethyl adjacent to an activating group) is 1. The van der Waals surface area contributed by atoms with Crippen molar-refractivity contribution < 1.29 is 27.5 Å². The van der Waals surface area contributed by atoms with E-state index in [0.29, 0.717) is 0 Å². The Balaban J connectivity index is 2.76. The molecule has 0 radical (unpaired) electrons. The van der Waals surface area contributed by atoms with Crippen LogP contribution >= 0.6 is 0 Å². The molecule has 8 heteroatoms. The lowest BCUT2D eigenvalue weighted by atomic mass is 10.1. The standard InChI is InChI=1S/C15H17NO6S/c1-9(2)14(17)22-13-10-7-5-6-8-11(10)23(19,20)16(3)12(13)15(18)21-4/h5-9H,1-4H3. The van der Waals surface area contributed by atoms with Crippen LogP contribution in [0.25, 0.3) is 5.76 Å². The number of carbonyl (C=O) groups is 2. The number of hydrogen-bond acceptors (Lipinski definition) is 6. The second kappa shape index (κ2) is 6.04. The quantitative estimate of drug-likeness (QED) is 0.773. The van der Waals surface area contributed by atoms with Gasteiger partial charge in [0, 0.05) is 12.6 Å². The predicted molar refractivity (Wildman–Crippen MR) is 81.3 cm³/mol. The van der Waals surface area contributed by atoms with Crippen LogP contribution < -0.4 is 0 Å². The molecule has 23 heavy (non-hydrogen) atoms. The lowest BCUT2D eigenvalue weighted by Gasteiger charge is -2.29. The number of sulfonamides is 1. The lowest BCUT2D eigenvalue weighted by Crippen LogP contribution is -2.36. The minimum absolute atomic E-state index is 0.0401. The summed E-state index contributed by atoms with van der Waals surface area (Å²) < 4.78 is 35.8. The topological polar surface area (TPSA) is 90.0 Å². The van der Waals surface area contributed by atoms with E-state index in [-0.39, 0.29) is 21.9 Å². The van der Waals surface area contributed by atoms with Crippen molar-refractivity contribution in [2.45, 2.75) is 18.7 Å². The molecule has 0 N–H and O–H groups in total. The smallest absolute Gasteiger partial charge is 0.359 e. The first-order valence-corrected chi connectivity index (χ1v) is 8.28. The molecule has 0 amide bonds. The zero-order chi connectivity index (χ0) is 17.4. The Labute approximate surface area is 134 Å². The Morgan fingerprint density at radius 2 is 1.78 bits per heavy atom.